The number of aromatic nitrogens is 2. The van der Waals surface area contributed by atoms with Gasteiger partial charge in [-0.3, -0.25) is 9.69 Å². The molecule has 3 rings (SSSR count). The van der Waals surface area contributed by atoms with E-state index in [-0.39, 0.29) is 0 Å². The summed E-state index contributed by atoms with van der Waals surface area (Å²) in [7, 11) is 0. The van der Waals surface area contributed by atoms with Crippen LogP contribution in [0.25, 0.3) is 0 Å². The summed E-state index contributed by atoms with van der Waals surface area (Å²) in [6.45, 7) is 4.04. The average molecular weight is 265 g/mol. The predicted molar refractivity (Wildman–Crippen MR) is 67.6 cm³/mol. The summed E-state index contributed by atoms with van der Waals surface area (Å²) in [5.41, 5.74) is -0.743. The van der Waals surface area contributed by atoms with Crippen molar-refractivity contribution >= 4 is 5.97 Å². The Labute approximate surface area is 112 Å². The van der Waals surface area contributed by atoms with Crippen molar-refractivity contribution in [3.8, 4) is 0 Å². The Morgan fingerprint density at radius 1 is 1.53 bits per heavy atom. The molecule has 6 heteroatoms. The van der Waals surface area contributed by atoms with Gasteiger partial charge >= 0.3 is 5.97 Å². The van der Waals surface area contributed by atoms with Gasteiger partial charge in [0, 0.05) is 38.6 Å². The molecule has 0 spiro atoms. The molecule has 0 aromatic carbocycles. The standard InChI is InChI=1S/C13H19N3O3/c17-12(18)13(2-1-7-19-10-13)9-15-5-6-16-4-3-14-11(16)8-15/h3-4H,1-2,5-10H2,(H,17,18). The monoisotopic (exact) mass is 265 g/mol. The van der Waals surface area contributed by atoms with Crippen LogP contribution in [0.4, 0.5) is 0 Å². The SMILES string of the molecule is O=C(O)C1(CN2CCn3ccnc3C2)CCCOC1. The van der Waals surface area contributed by atoms with Gasteiger partial charge in [-0.1, -0.05) is 0 Å². The van der Waals surface area contributed by atoms with Crippen LogP contribution in [-0.2, 0) is 22.6 Å². The number of imidazole rings is 1. The normalized spacial score (nSPS) is 28.0. The van der Waals surface area contributed by atoms with Crippen molar-refractivity contribution in [3.05, 3.63) is 18.2 Å². The van der Waals surface area contributed by atoms with Crippen LogP contribution >= 0.6 is 0 Å². The fourth-order valence-electron chi connectivity index (χ4n) is 3.00. The first-order valence-electron chi connectivity index (χ1n) is 6.73. The Morgan fingerprint density at radius 2 is 2.42 bits per heavy atom. The number of ether oxygens (including phenoxy) is 1. The van der Waals surface area contributed by atoms with Gasteiger partial charge in [0.15, 0.2) is 0 Å². The summed E-state index contributed by atoms with van der Waals surface area (Å²) in [5.74, 6) is 0.282. The van der Waals surface area contributed by atoms with Crippen molar-refractivity contribution < 1.29 is 14.6 Å². The average Bonchev–Trinajstić information content (AvgIpc) is 2.87. The summed E-state index contributed by atoms with van der Waals surface area (Å²) in [5, 5.41) is 9.55. The molecule has 0 amide bonds. The van der Waals surface area contributed by atoms with Crippen molar-refractivity contribution in [2.24, 2.45) is 5.41 Å². The molecule has 1 unspecified atom stereocenters. The number of rotatable bonds is 3. The molecule has 104 valence electrons. The Bertz CT molecular complexity index is 465. The highest BCUT2D eigenvalue weighted by molar-refractivity contribution is 5.75. The fraction of sp³-hybridized carbons (Fsp3) is 0.692. The zero-order valence-electron chi connectivity index (χ0n) is 10.9. The second-order valence-electron chi connectivity index (χ2n) is 5.49. The minimum absolute atomic E-state index is 0.327. The van der Waals surface area contributed by atoms with Gasteiger partial charge in [-0.2, -0.15) is 0 Å². The molecule has 0 bridgehead atoms. The highest BCUT2D eigenvalue weighted by atomic mass is 16.5. The van der Waals surface area contributed by atoms with Crippen LogP contribution in [0.15, 0.2) is 12.4 Å². The smallest absolute Gasteiger partial charge is 0.313 e. The van der Waals surface area contributed by atoms with Gasteiger partial charge in [-0.15, -0.1) is 0 Å². The number of aliphatic carboxylic acids is 1. The third-order valence-corrected chi connectivity index (χ3v) is 4.13. The number of hydrogen-bond acceptors (Lipinski definition) is 4. The maximum Gasteiger partial charge on any atom is 0.313 e. The fourth-order valence-corrected chi connectivity index (χ4v) is 3.00. The molecule has 2 aliphatic rings. The molecule has 0 aliphatic carbocycles. The van der Waals surface area contributed by atoms with Gasteiger partial charge in [-0.25, -0.2) is 4.98 Å². The molecule has 1 atom stereocenters. The lowest BCUT2D eigenvalue weighted by Gasteiger charge is -2.38. The second-order valence-corrected chi connectivity index (χ2v) is 5.49. The van der Waals surface area contributed by atoms with Crippen LogP contribution < -0.4 is 0 Å². The van der Waals surface area contributed by atoms with E-state index in [1.54, 1.807) is 6.20 Å². The Hall–Kier alpha value is -1.40. The molecule has 6 nitrogen and oxygen atoms in total. The Balaban J connectivity index is 1.71. The van der Waals surface area contributed by atoms with Crippen molar-refractivity contribution in [1.82, 2.24) is 14.5 Å². The molecular formula is C13H19N3O3. The molecule has 1 aromatic rings. The van der Waals surface area contributed by atoms with Crippen LogP contribution in [0, 0.1) is 5.41 Å². The number of nitrogens with zero attached hydrogens (tertiary/aromatic N) is 3. The highest BCUT2D eigenvalue weighted by Gasteiger charge is 2.42. The lowest BCUT2D eigenvalue weighted by atomic mass is 9.82. The quantitative estimate of drug-likeness (QED) is 0.866. The molecule has 0 radical (unpaired) electrons. The van der Waals surface area contributed by atoms with Crippen molar-refractivity contribution in [1.29, 1.82) is 0 Å². The van der Waals surface area contributed by atoms with Crippen LogP contribution in [-0.4, -0.2) is 51.8 Å². The molecule has 2 aliphatic heterocycles. The number of carbonyl (C=O) groups is 1. The van der Waals surface area contributed by atoms with E-state index in [0.717, 1.165) is 31.9 Å². The third-order valence-electron chi connectivity index (χ3n) is 4.13. The molecule has 1 N–H and O–H groups in total. The highest BCUT2D eigenvalue weighted by Crippen LogP contribution is 2.31. The lowest BCUT2D eigenvalue weighted by Crippen LogP contribution is -2.50. The zero-order chi connectivity index (χ0) is 13.3. The van der Waals surface area contributed by atoms with E-state index in [1.807, 2.05) is 6.20 Å². The maximum absolute atomic E-state index is 11.6. The largest absolute Gasteiger partial charge is 0.481 e. The Morgan fingerprint density at radius 3 is 3.16 bits per heavy atom. The summed E-state index contributed by atoms with van der Waals surface area (Å²) in [4.78, 5) is 18.1. The maximum atomic E-state index is 11.6. The molecule has 0 saturated carbocycles. The first-order chi connectivity index (χ1) is 9.20. The Kier molecular flexibility index (Phi) is 3.28. The molecule has 1 aromatic heterocycles. The van der Waals surface area contributed by atoms with Gasteiger partial charge in [0.1, 0.15) is 11.2 Å². The van der Waals surface area contributed by atoms with Crippen LogP contribution in [0.3, 0.4) is 0 Å². The topological polar surface area (TPSA) is 67.6 Å². The predicted octanol–water partition coefficient (Wildman–Crippen LogP) is 0.580. The molecule has 1 fully saturated rings. The van der Waals surface area contributed by atoms with Gasteiger partial charge in [0.25, 0.3) is 0 Å². The van der Waals surface area contributed by atoms with Crippen LogP contribution in [0.1, 0.15) is 18.7 Å². The van der Waals surface area contributed by atoms with E-state index < -0.39 is 11.4 Å². The van der Waals surface area contributed by atoms with Crippen LogP contribution in [0.2, 0.25) is 0 Å². The second kappa shape index (κ2) is 4.94. The van der Waals surface area contributed by atoms with Crippen molar-refractivity contribution in [2.75, 3.05) is 26.3 Å². The van der Waals surface area contributed by atoms with Gasteiger partial charge in [0.05, 0.1) is 13.2 Å². The third kappa shape index (κ3) is 2.37. The first kappa shape index (κ1) is 12.6. The molecule has 19 heavy (non-hydrogen) atoms. The van der Waals surface area contributed by atoms with E-state index >= 15 is 0 Å². The molecule has 1 saturated heterocycles. The van der Waals surface area contributed by atoms with Crippen LogP contribution in [0.5, 0.6) is 0 Å². The summed E-state index contributed by atoms with van der Waals surface area (Å²) in [6.07, 6.45) is 5.31. The van der Waals surface area contributed by atoms with E-state index in [0.29, 0.717) is 26.2 Å². The minimum atomic E-state index is -0.743. The minimum Gasteiger partial charge on any atom is -0.481 e. The number of hydrogen-bond donors (Lipinski definition) is 1. The number of fused-ring (bicyclic) bond motifs is 1. The number of carboxylic acids is 1. The van der Waals surface area contributed by atoms with E-state index in [2.05, 4.69) is 14.5 Å². The summed E-state index contributed by atoms with van der Waals surface area (Å²) in [6, 6.07) is 0. The molecule has 3 heterocycles. The van der Waals surface area contributed by atoms with E-state index in [9.17, 15) is 9.90 Å². The summed E-state index contributed by atoms with van der Waals surface area (Å²) < 4.78 is 7.54. The van der Waals surface area contributed by atoms with E-state index in [4.69, 9.17) is 4.74 Å². The summed E-state index contributed by atoms with van der Waals surface area (Å²) >= 11 is 0. The molecular weight excluding hydrogens is 246 g/mol. The van der Waals surface area contributed by atoms with Crippen molar-refractivity contribution in [2.45, 2.75) is 25.9 Å². The van der Waals surface area contributed by atoms with Gasteiger partial charge < -0.3 is 14.4 Å². The van der Waals surface area contributed by atoms with Gasteiger partial charge in [-0.05, 0) is 12.8 Å². The van der Waals surface area contributed by atoms with Crippen molar-refractivity contribution in [3.63, 3.8) is 0 Å². The lowest BCUT2D eigenvalue weighted by molar-refractivity contribution is -0.159. The van der Waals surface area contributed by atoms with Gasteiger partial charge in [0.2, 0.25) is 0 Å². The van der Waals surface area contributed by atoms with E-state index in [1.165, 1.54) is 0 Å². The number of carboxylic acid groups (broad SMARTS) is 1. The first-order valence-corrected chi connectivity index (χ1v) is 6.73. The zero-order valence-corrected chi connectivity index (χ0v) is 10.9.